The molecule has 2 rings (SSSR count). The number of carbonyl (C=O) groups excluding carboxylic acids is 1. The van der Waals surface area contributed by atoms with Crippen LogP contribution in [0.2, 0.25) is 0 Å². The van der Waals surface area contributed by atoms with Gasteiger partial charge in [0, 0.05) is 11.6 Å². The first kappa shape index (κ1) is 19.9. The molecular formula is C19H30N2O3S. The lowest BCUT2D eigenvalue weighted by Crippen LogP contribution is -2.27. The number of carbonyl (C=O) groups is 1. The third kappa shape index (κ3) is 5.28. The summed E-state index contributed by atoms with van der Waals surface area (Å²) in [4.78, 5) is 12.7. The summed E-state index contributed by atoms with van der Waals surface area (Å²) in [6.45, 7) is 3.95. The average Bonchev–Trinajstić information content (AvgIpc) is 2.61. The molecule has 0 unspecified atom stereocenters. The molecule has 0 spiro atoms. The van der Waals surface area contributed by atoms with Crippen molar-refractivity contribution in [3.8, 4) is 0 Å². The minimum absolute atomic E-state index is 0.00519. The van der Waals surface area contributed by atoms with Crippen LogP contribution >= 0.6 is 0 Å². The number of nitrogens with one attached hydrogen (secondary N) is 2. The van der Waals surface area contributed by atoms with Crippen molar-refractivity contribution in [1.29, 1.82) is 0 Å². The fourth-order valence-corrected chi connectivity index (χ4v) is 4.52. The van der Waals surface area contributed by atoms with Crippen molar-refractivity contribution < 1.29 is 13.2 Å². The van der Waals surface area contributed by atoms with Gasteiger partial charge in [-0.1, -0.05) is 32.3 Å². The minimum Gasteiger partial charge on any atom is -0.326 e. The monoisotopic (exact) mass is 366 g/mol. The lowest BCUT2D eigenvalue weighted by atomic mass is 9.79. The Bertz CT molecular complexity index is 693. The highest BCUT2D eigenvalue weighted by Crippen LogP contribution is 2.32. The summed E-state index contributed by atoms with van der Waals surface area (Å²) < 4.78 is 26.4. The molecule has 0 aromatic heterocycles. The van der Waals surface area contributed by atoms with Crippen LogP contribution in [0, 0.1) is 18.8 Å². The van der Waals surface area contributed by atoms with Crippen molar-refractivity contribution in [2.45, 2.75) is 63.7 Å². The van der Waals surface area contributed by atoms with Crippen LogP contribution in [0.5, 0.6) is 0 Å². The van der Waals surface area contributed by atoms with Crippen LogP contribution in [0.4, 0.5) is 5.69 Å². The van der Waals surface area contributed by atoms with Crippen LogP contribution in [-0.4, -0.2) is 21.4 Å². The normalized spacial score (nSPS) is 21.1. The van der Waals surface area contributed by atoms with Crippen LogP contribution < -0.4 is 10.0 Å². The zero-order valence-corrected chi connectivity index (χ0v) is 16.3. The first-order valence-corrected chi connectivity index (χ1v) is 10.7. The highest BCUT2D eigenvalue weighted by Gasteiger charge is 2.26. The second kappa shape index (κ2) is 8.81. The zero-order chi connectivity index (χ0) is 18.4. The van der Waals surface area contributed by atoms with E-state index in [0.717, 1.165) is 31.6 Å². The van der Waals surface area contributed by atoms with E-state index in [4.69, 9.17) is 0 Å². The smallest absolute Gasteiger partial charge is 0.240 e. The van der Waals surface area contributed by atoms with Crippen molar-refractivity contribution in [2.75, 3.05) is 12.4 Å². The van der Waals surface area contributed by atoms with Crippen molar-refractivity contribution in [3.63, 3.8) is 0 Å². The second-order valence-electron chi connectivity index (χ2n) is 7.04. The molecule has 1 amide bonds. The Hall–Kier alpha value is -1.40. The van der Waals surface area contributed by atoms with Gasteiger partial charge in [0.1, 0.15) is 0 Å². The van der Waals surface area contributed by atoms with Gasteiger partial charge >= 0.3 is 0 Å². The van der Waals surface area contributed by atoms with Gasteiger partial charge in [0.25, 0.3) is 0 Å². The topological polar surface area (TPSA) is 75.3 Å². The van der Waals surface area contributed by atoms with E-state index in [0.29, 0.717) is 11.3 Å². The van der Waals surface area contributed by atoms with Gasteiger partial charge in [-0.15, -0.1) is 0 Å². The number of amides is 1. The Kier molecular flexibility index (Phi) is 7.02. The van der Waals surface area contributed by atoms with Crippen LogP contribution in [0.25, 0.3) is 0 Å². The van der Waals surface area contributed by atoms with Crippen LogP contribution in [0.3, 0.4) is 0 Å². The largest absolute Gasteiger partial charge is 0.326 e. The Morgan fingerprint density at radius 2 is 1.88 bits per heavy atom. The summed E-state index contributed by atoms with van der Waals surface area (Å²) in [5.41, 5.74) is 1.20. The molecule has 1 aromatic rings. The van der Waals surface area contributed by atoms with Gasteiger partial charge in [-0.05, 0) is 63.3 Å². The minimum atomic E-state index is -3.53. The molecule has 0 heterocycles. The van der Waals surface area contributed by atoms with Crippen LogP contribution in [0.15, 0.2) is 23.1 Å². The van der Waals surface area contributed by atoms with Gasteiger partial charge in [-0.25, -0.2) is 13.1 Å². The molecule has 0 bridgehead atoms. The van der Waals surface area contributed by atoms with Gasteiger partial charge in [0.2, 0.25) is 15.9 Å². The molecule has 0 radical (unpaired) electrons. The molecule has 6 heteroatoms. The SMILES string of the molecule is CCCCC1CCC(C(=O)Nc2ccc(C)c(S(=O)(=O)NC)c2)CC1. The predicted octanol–water partition coefficient (Wildman–Crippen LogP) is 3.84. The number of aryl methyl sites for hydroxylation is 1. The average molecular weight is 367 g/mol. The molecular weight excluding hydrogens is 336 g/mol. The van der Waals surface area contributed by atoms with E-state index in [1.54, 1.807) is 19.1 Å². The summed E-state index contributed by atoms with van der Waals surface area (Å²) in [6.07, 6.45) is 7.85. The van der Waals surface area contributed by atoms with Crippen molar-refractivity contribution in [2.24, 2.45) is 11.8 Å². The Morgan fingerprint density at radius 3 is 2.48 bits per heavy atom. The molecule has 0 aliphatic heterocycles. The summed E-state index contributed by atoms with van der Waals surface area (Å²) in [5.74, 6) is 0.796. The highest BCUT2D eigenvalue weighted by molar-refractivity contribution is 7.89. The van der Waals surface area contributed by atoms with E-state index in [9.17, 15) is 13.2 Å². The summed E-state index contributed by atoms with van der Waals surface area (Å²) in [7, 11) is -2.14. The van der Waals surface area contributed by atoms with E-state index in [1.165, 1.54) is 32.4 Å². The van der Waals surface area contributed by atoms with E-state index in [-0.39, 0.29) is 16.7 Å². The maximum atomic E-state index is 12.5. The van der Waals surface area contributed by atoms with E-state index in [1.807, 2.05) is 0 Å². The lowest BCUT2D eigenvalue weighted by molar-refractivity contribution is -0.121. The molecule has 0 saturated heterocycles. The molecule has 1 aromatic carbocycles. The molecule has 0 atom stereocenters. The first-order chi connectivity index (χ1) is 11.9. The Morgan fingerprint density at radius 1 is 1.20 bits per heavy atom. The molecule has 1 saturated carbocycles. The van der Waals surface area contributed by atoms with Crippen molar-refractivity contribution in [1.82, 2.24) is 4.72 Å². The van der Waals surface area contributed by atoms with Crippen LogP contribution in [-0.2, 0) is 14.8 Å². The van der Waals surface area contributed by atoms with Crippen LogP contribution in [0.1, 0.15) is 57.4 Å². The number of benzene rings is 1. The first-order valence-electron chi connectivity index (χ1n) is 9.22. The number of sulfonamides is 1. The fraction of sp³-hybridized carbons (Fsp3) is 0.632. The Labute approximate surface area is 151 Å². The Balaban J connectivity index is 1.99. The molecule has 1 aliphatic carbocycles. The van der Waals surface area contributed by atoms with Gasteiger partial charge in [0.15, 0.2) is 0 Å². The molecule has 1 aliphatic rings. The third-order valence-corrected chi connectivity index (χ3v) is 6.75. The molecule has 1 fully saturated rings. The van der Waals surface area contributed by atoms with Crippen molar-refractivity contribution in [3.05, 3.63) is 23.8 Å². The maximum Gasteiger partial charge on any atom is 0.240 e. The zero-order valence-electron chi connectivity index (χ0n) is 15.5. The molecule has 140 valence electrons. The van der Waals surface area contributed by atoms with Gasteiger partial charge < -0.3 is 5.32 Å². The number of rotatable bonds is 7. The van der Waals surface area contributed by atoms with Gasteiger partial charge in [-0.3, -0.25) is 4.79 Å². The highest BCUT2D eigenvalue weighted by atomic mass is 32.2. The van der Waals surface area contributed by atoms with E-state index < -0.39 is 10.0 Å². The quantitative estimate of drug-likeness (QED) is 0.770. The lowest BCUT2D eigenvalue weighted by Gasteiger charge is -2.27. The van der Waals surface area contributed by atoms with Crippen molar-refractivity contribution >= 4 is 21.6 Å². The number of hydrogen-bond acceptors (Lipinski definition) is 3. The number of unbranched alkanes of at least 4 members (excludes halogenated alkanes) is 1. The van der Waals surface area contributed by atoms with Gasteiger partial charge in [-0.2, -0.15) is 0 Å². The summed E-state index contributed by atoms with van der Waals surface area (Å²) >= 11 is 0. The molecule has 5 nitrogen and oxygen atoms in total. The predicted molar refractivity (Wildman–Crippen MR) is 101 cm³/mol. The van der Waals surface area contributed by atoms with E-state index in [2.05, 4.69) is 17.0 Å². The fourth-order valence-electron chi connectivity index (χ4n) is 3.53. The number of hydrogen-bond donors (Lipinski definition) is 2. The summed E-state index contributed by atoms with van der Waals surface area (Å²) in [5, 5.41) is 2.90. The number of anilines is 1. The molecule has 2 N–H and O–H groups in total. The molecule has 25 heavy (non-hydrogen) atoms. The third-order valence-electron chi connectivity index (χ3n) is 5.20. The summed E-state index contributed by atoms with van der Waals surface area (Å²) in [6, 6.07) is 5.02. The maximum absolute atomic E-state index is 12.5. The van der Waals surface area contributed by atoms with E-state index >= 15 is 0 Å². The second-order valence-corrected chi connectivity index (χ2v) is 8.89. The van der Waals surface area contributed by atoms with Gasteiger partial charge in [0.05, 0.1) is 4.90 Å². The standard InChI is InChI=1S/C19H30N2O3S/c1-4-5-6-15-8-10-16(11-9-15)19(22)21-17-12-7-14(2)18(13-17)25(23,24)20-3/h7,12-13,15-16,20H,4-6,8-11H2,1-3H3,(H,21,22).